The number of carbonyl (C=O) groups is 1. The van der Waals surface area contributed by atoms with Gasteiger partial charge < -0.3 is 0 Å². The second-order valence-electron chi connectivity index (χ2n) is 7.26. The van der Waals surface area contributed by atoms with Crippen molar-refractivity contribution in [3.8, 4) is 10.6 Å². The van der Waals surface area contributed by atoms with Gasteiger partial charge in [-0.05, 0) is 35.2 Å². The van der Waals surface area contributed by atoms with Crippen LogP contribution in [0.5, 0.6) is 0 Å². The van der Waals surface area contributed by atoms with Crippen LogP contribution in [0.25, 0.3) is 16.2 Å². The summed E-state index contributed by atoms with van der Waals surface area (Å²) in [4.78, 5) is 21.4. The second-order valence-corrected chi connectivity index (χ2v) is 8.61. The maximum Gasteiger partial charge on any atom is 0.433 e. The molecule has 0 radical (unpaired) electrons. The normalized spacial score (nSPS) is 11.8. The predicted octanol–water partition coefficient (Wildman–Crippen LogP) is 5.16. The van der Waals surface area contributed by atoms with E-state index in [1.807, 2.05) is 0 Å². The van der Waals surface area contributed by atoms with Crippen LogP contribution in [-0.2, 0) is 12.7 Å². The average Bonchev–Trinajstić information content (AvgIpc) is 3.55. The molecule has 0 aliphatic carbocycles. The van der Waals surface area contributed by atoms with E-state index in [2.05, 4.69) is 25.5 Å². The number of thiophene rings is 1. The van der Waals surface area contributed by atoms with Gasteiger partial charge >= 0.3 is 6.18 Å². The lowest BCUT2D eigenvalue weighted by Crippen LogP contribution is -2.16. The van der Waals surface area contributed by atoms with Crippen molar-refractivity contribution < 1.29 is 22.4 Å². The van der Waals surface area contributed by atoms with Crippen molar-refractivity contribution in [1.29, 1.82) is 0 Å². The van der Waals surface area contributed by atoms with Gasteiger partial charge in [0.2, 0.25) is 5.95 Å². The first-order chi connectivity index (χ1) is 16.7. The fourth-order valence-electron chi connectivity index (χ4n) is 3.26. The Morgan fingerprint density at radius 3 is 2.69 bits per heavy atom. The Labute approximate surface area is 202 Å². The number of hydrogen-bond acceptors (Lipinski definition) is 6. The molecule has 1 N–H and O–H groups in total. The first-order valence-electron chi connectivity index (χ1n) is 9.84. The van der Waals surface area contributed by atoms with Crippen molar-refractivity contribution in [2.75, 3.05) is 5.32 Å². The molecule has 0 aliphatic rings. The average molecular weight is 522 g/mol. The quantitative estimate of drug-likeness (QED) is 0.323. The fourth-order valence-corrected chi connectivity index (χ4v) is 4.17. The molecule has 0 unspecified atom stereocenters. The number of anilines is 1. The molecular formula is C21H12ClF4N7OS. The molecule has 14 heteroatoms. The van der Waals surface area contributed by atoms with Crippen LogP contribution in [0.15, 0.2) is 54.2 Å². The summed E-state index contributed by atoms with van der Waals surface area (Å²) >= 11 is 7.25. The Bertz CT molecular complexity index is 1550. The first kappa shape index (κ1) is 22.9. The van der Waals surface area contributed by atoms with E-state index in [9.17, 15) is 22.4 Å². The van der Waals surface area contributed by atoms with Crippen molar-refractivity contribution in [3.05, 3.63) is 82.0 Å². The van der Waals surface area contributed by atoms with Gasteiger partial charge in [0.25, 0.3) is 5.91 Å². The van der Waals surface area contributed by atoms with Gasteiger partial charge in [-0.2, -0.15) is 18.3 Å². The summed E-state index contributed by atoms with van der Waals surface area (Å²) in [6, 6.07) is 9.28. The van der Waals surface area contributed by atoms with Crippen molar-refractivity contribution in [2.24, 2.45) is 0 Å². The van der Waals surface area contributed by atoms with Gasteiger partial charge in [-0.3, -0.25) is 10.1 Å². The summed E-state index contributed by atoms with van der Waals surface area (Å²) in [5.41, 5.74) is -0.819. The Morgan fingerprint density at radius 1 is 1.14 bits per heavy atom. The lowest BCUT2D eigenvalue weighted by Gasteiger charge is -2.10. The number of carbonyl (C=O) groups excluding carboxylic acids is 1. The van der Waals surface area contributed by atoms with E-state index in [1.54, 1.807) is 17.5 Å². The van der Waals surface area contributed by atoms with Gasteiger partial charge in [0.1, 0.15) is 12.1 Å². The highest BCUT2D eigenvalue weighted by atomic mass is 35.5. The second kappa shape index (κ2) is 8.74. The van der Waals surface area contributed by atoms with Crippen LogP contribution in [0.4, 0.5) is 23.5 Å². The molecule has 0 bridgehead atoms. The van der Waals surface area contributed by atoms with Gasteiger partial charge in [0, 0.05) is 11.1 Å². The molecule has 1 aromatic carbocycles. The third kappa shape index (κ3) is 4.72. The highest BCUT2D eigenvalue weighted by Crippen LogP contribution is 2.33. The molecule has 0 fully saturated rings. The summed E-state index contributed by atoms with van der Waals surface area (Å²) in [5.74, 6) is -1.41. The van der Waals surface area contributed by atoms with Crippen molar-refractivity contribution in [2.45, 2.75) is 12.7 Å². The zero-order chi connectivity index (χ0) is 24.7. The van der Waals surface area contributed by atoms with Crippen molar-refractivity contribution >= 4 is 40.4 Å². The molecule has 1 amide bonds. The third-order valence-corrected chi connectivity index (χ3v) is 6.08. The zero-order valence-corrected chi connectivity index (χ0v) is 18.9. The highest BCUT2D eigenvalue weighted by Gasteiger charge is 2.35. The summed E-state index contributed by atoms with van der Waals surface area (Å²) in [6.07, 6.45) is -3.41. The van der Waals surface area contributed by atoms with Crippen molar-refractivity contribution in [3.63, 3.8) is 0 Å². The van der Waals surface area contributed by atoms with E-state index in [4.69, 9.17) is 11.6 Å². The maximum absolute atomic E-state index is 13.7. The largest absolute Gasteiger partial charge is 0.433 e. The van der Waals surface area contributed by atoms with Crippen molar-refractivity contribution in [1.82, 2.24) is 29.4 Å². The van der Waals surface area contributed by atoms with Gasteiger partial charge in [-0.15, -0.1) is 16.4 Å². The summed E-state index contributed by atoms with van der Waals surface area (Å²) < 4.78 is 56.2. The molecule has 5 rings (SSSR count). The molecule has 35 heavy (non-hydrogen) atoms. The molecule has 0 saturated heterocycles. The monoisotopic (exact) mass is 521 g/mol. The van der Waals surface area contributed by atoms with Crippen LogP contribution in [-0.4, -0.2) is 35.3 Å². The van der Waals surface area contributed by atoms with Crippen LogP contribution in [0.3, 0.4) is 0 Å². The molecule has 4 aromatic heterocycles. The minimum atomic E-state index is -4.73. The number of alkyl halides is 3. The molecule has 0 atom stereocenters. The summed E-state index contributed by atoms with van der Waals surface area (Å²) in [5, 5.41) is 12.2. The maximum atomic E-state index is 13.7. The number of hydrogen-bond donors (Lipinski definition) is 1. The van der Waals surface area contributed by atoms with Gasteiger partial charge in [-0.1, -0.05) is 23.7 Å². The van der Waals surface area contributed by atoms with Crippen LogP contribution in [0.1, 0.15) is 21.7 Å². The van der Waals surface area contributed by atoms with Crippen LogP contribution < -0.4 is 5.32 Å². The van der Waals surface area contributed by atoms with Crippen LogP contribution in [0.2, 0.25) is 5.02 Å². The summed E-state index contributed by atoms with van der Waals surface area (Å²) in [7, 11) is 0. The summed E-state index contributed by atoms with van der Waals surface area (Å²) in [6.45, 7) is 0.153. The van der Waals surface area contributed by atoms with E-state index in [0.29, 0.717) is 15.0 Å². The number of nitrogens with one attached hydrogen (secondary N) is 1. The molecule has 0 aliphatic heterocycles. The number of fused-ring (bicyclic) bond motifs is 1. The molecule has 5 aromatic rings. The standard InChI is InChI=1S/C21H12ClF4N7OS/c22-13-6-12(23)4-3-11(13)9-32-10-27-20(31-32)29-19(34)15-8-18-28-14(16-2-1-5-35-16)7-17(21(24,25)26)33(18)30-15/h1-8,10H,9H2,(H,29,31,34). The topological polar surface area (TPSA) is 90.0 Å². The van der Waals surface area contributed by atoms with E-state index in [-0.39, 0.29) is 34.6 Å². The van der Waals surface area contributed by atoms with Gasteiger partial charge in [0.05, 0.1) is 17.1 Å². The van der Waals surface area contributed by atoms with E-state index < -0.39 is 23.6 Å². The minimum absolute atomic E-state index is 0.103. The molecule has 178 valence electrons. The highest BCUT2D eigenvalue weighted by molar-refractivity contribution is 7.13. The lowest BCUT2D eigenvalue weighted by molar-refractivity contribution is -0.142. The smallest absolute Gasteiger partial charge is 0.288 e. The molecule has 0 saturated carbocycles. The number of amides is 1. The number of nitrogens with zero attached hydrogens (tertiary/aromatic N) is 6. The number of halogens is 5. The Balaban J connectivity index is 1.40. The molecule has 0 spiro atoms. The third-order valence-electron chi connectivity index (χ3n) is 4.83. The van der Waals surface area contributed by atoms with E-state index >= 15 is 0 Å². The number of rotatable bonds is 5. The predicted molar refractivity (Wildman–Crippen MR) is 120 cm³/mol. The SMILES string of the molecule is O=C(Nc1ncn(Cc2ccc(F)cc2Cl)n1)c1cc2nc(-c3cccs3)cc(C(F)(F)F)n2n1. The Hall–Kier alpha value is -3.84. The Morgan fingerprint density at radius 2 is 1.97 bits per heavy atom. The van der Waals surface area contributed by atoms with E-state index in [1.165, 1.54) is 34.5 Å². The van der Waals surface area contributed by atoms with Crippen LogP contribution in [0, 0.1) is 5.82 Å². The van der Waals surface area contributed by atoms with Gasteiger partial charge in [-0.25, -0.2) is 23.6 Å². The van der Waals surface area contributed by atoms with Crippen LogP contribution >= 0.6 is 22.9 Å². The van der Waals surface area contributed by atoms with E-state index in [0.717, 1.165) is 18.2 Å². The number of benzene rings is 1. The fraction of sp³-hybridized carbons (Fsp3) is 0.0952. The first-order valence-corrected chi connectivity index (χ1v) is 11.1. The minimum Gasteiger partial charge on any atom is -0.288 e. The molecule has 8 nitrogen and oxygen atoms in total. The molecular weight excluding hydrogens is 510 g/mol. The Kier molecular flexibility index (Phi) is 5.73. The zero-order valence-electron chi connectivity index (χ0n) is 17.3. The van der Waals surface area contributed by atoms with Gasteiger partial charge in [0.15, 0.2) is 17.0 Å². The molecule has 4 heterocycles. The number of aromatic nitrogens is 6. The lowest BCUT2D eigenvalue weighted by atomic mass is 10.2.